The zero-order chi connectivity index (χ0) is 15.2. The highest BCUT2D eigenvalue weighted by Crippen LogP contribution is 2.15. The SMILES string of the molecule is O=C(CN1CCNCC1=O)NC[C@@H](O)c1ccc(Cl)cc1. The van der Waals surface area contributed by atoms with Gasteiger partial charge in [-0.3, -0.25) is 9.59 Å². The minimum Gasteiger partial charge on any atom is -0.387 e. The van der Waals surface area contributed by atoms with Crippen molar-refractivity contribution in [1.82, 2.24) is 15.5 Å². The predicted octanol–water partition coefficient (Wildman–Crippen LogP) is -0.0786. The summed E-state index contributed by atoms with van der Waals surface area (Å²) in [5.74, 6) is -0.368. The Balaban J connectivity index is 1.78. The summed E-state index contributed by atoms with van der Waals surface area (Å²) in [6.07, 6.45) is -0.801. The minimum atomic E-state index is -0.801. The van der Waals surface area contributed by atoms with Crippen molar-refractivity contribution in [2.24, 2.45) is 0 Å². The normalized spacial score (nSPS) is 16.7. The lowest BCUT2D eigenvalue weighted by Crippen LogP contribution is -2.51. The van der Waals surface area contributed by atoms with Crippen molar-refractivity contribution in [1.29, 1.82) is 0 Å². The number of amides is 2. The maximum absolute atomic E-state index is 11.8. The van der Waals surface area contributed by atoms with Gasteiger partial charge in [-0.2, -0.15) is 0 Å². The van der Waals surface area contributed by atoms with Crippen LogP contribution in [0.5, 0.6) is 0 Å². The van der Waals surface area contributed by atoms with Crippen molar-refractivity contribution in [3.8, 4) is 0 Å². The zero-order valence-corrected chi connectivity index (χ0v) is 12.3. The molecule has 1 aromatic carbocycles. The highest BCUT2D eigenvalue weighted by Gasteiger charge is 2.20. The van der Waals surface area contributed by atoms with Gasteiger partial charge < -0.3 is 20.6 Å². The van der Waals surface area contributed by atoms with E-state index in [1.54, 1.807) is 24.3 Å². The number of hydrogen-bond donors (Lipinski definition) is 3. The Kier molecular flexibility index (Phi) is 5.55. The summed E-state index contributed by atoms with van der Waals surface area (Å²) in [6, 6.07) is 6.78. The predicted molar refractivity (Wildman–Crippen MR) is 78.9 cm³/mol. The van der Waals surface area contributed by atoms with Crippen LogP contribution in [0.3, 0.4) is 0 Å². The molecule has 6 nitrogen and oxygen atoms in total. The Bertz CT molecular complexity index is 507. The standard InChI is InChI=1S/C14H18ClN3O3/c15-11-3-1-10(2-4-11)12(19)7-17-13(20)9-18-6-5-16-8-14(18)21/h1-4,12,16,19H,5-9H2,(H,17,20)/t12-/m1/s1. The van der Waals surface area contributed by atoms with E-state index in [4.69, 9.17) is 11.6 Å². The summed E-state index contributed by atoms with van der Waals surface area (Å²) in [4.78, 5) is 24.8. The van der Waals surface area contributed by atoms with Crippen LogP contribution in [0.2, 0.25) is 5.02 Å². The third-order valence-corrected chi connectivity index (χ3v) is 3.52. The number of piperazine rings is 1. The molecule has 1 aliphatic heterocycles. The van der Waals surface area contributed by atoms with Crippen molar-refractivity contribution < 1.29 is 14.7 Å². The van der Waals surface area contributed by atoms with E-state index < -0.39 is 6.10 Å². The smallest absolute Gasteiger partial charge is 0.239 e. The van der Waals surface area contributed by atoms with E-state index in [-0.39, 0.29) is 31.4 Å². The number of benzene rings is 1. The molecule has 0 radical (unpaired) electrons. The fraction of sp³-hybridized carbons (Fsp3) is 0.429. The monoisotopic (exact) mass is 311 g/mol. The molecule has 114 valence electrons. The first-order chi connectivity index (χ1) is 10.1. The van der Waals surface area contributed by atoms with Crippen molar-refractivity contribution in [3.63, 3.8) is 0 Å². The average molecular weight is 312 g/mol. The van der Waals surface area contributed by atoms with Crippen LogP contribution in [0.1, 0.15) is 11.7 Å². The van der Waals surface area contributed by atoms with Gasteiger partial charge in [0.25, 0.3) is 0 Å². The first-order valence-corrected chi connectivity index (χ1v) is 7.13. The quantitative estimate of drug-likeness (QED) is 0.710. The zero-order valence-electron chi connectivity index (χ0n) is 11.5. The molecule has 1 atom stereocenters. The highest BCUT2D eigenvalue weighted by atomic mass is 35.5. The molecule has 1 saturated heterocycles. The van der Waals surface area contributed by atoms with Gasteiger partial charge >= 0.3 is 0 Å². The molecule has 1 fully saturated rings. The number of hydrogen-bond acceptors (Lipinski definition) is 4. The molecule has 1 aromatic rings. The Hall–Kier alpha value is -1.63. The van der Waals surface area contributed by atoms with E-state index in [2.05, 4.69) is 10.6 Å². The average Bonchev–Trinajstić information content (AvgIpc) is 2.48. The topological polar surface area (TPSA) is 81.7 Å². The Labute approximate surface area is 128 Å². The van der Waals surface area contributed by atoms with Crippen LogP contribution in [0.4, 0.5) is 0 Å². The summed E-state index contributed by atoms with van der Waals surface area (Å²) in [7, 11) is 0. The third kappa shape index (κ3) is 4.70. The number of aliphatic hydroxyl groups is 1. The number of nitrogens with zero attached hydrogens (tertiary/aromatic N) is 1. The Morgan fingerprint density at radius 3 is 2.81 bits per heavy atom. The summed E-state index contributed by atoms with van der Waals surface area (Å²) >= 11 is 5.77. The molecule has 7 heteroatoms. The van der Waals surface area contributed by atoms with Gasteiger partial charge in [-0.05, 0) is 17.7 Å². The molecular weight excluding hydrogens is 294 g/mol. The number of nitrogens with one attached hydrogen (secondary N) is 2. The van der Waals surface area contributed by atoms with Gasteiger partial charge in [0.15, 0.2) is 0 Å². The molecular formula is C14H18ClN3O3. The first kappa shape index (κ1) is 15.8. The number of carbonyl (C=O) groups excluding carboxylic acids is 2. The lowest BCUT2D eigenvalue weighted by atomic mass is 10.1. The van der Waals surface area contributed by atoms with Gasteiger partial charge in [0, 0.05) is 24.7 Å². The van der Waals surface area contributed by atoms with Crippen LogP contribution in [0, 0.1) is 0 Å². The first-order valence-electron chi connectivity index (χ1n) is 6.75. The molecule has 1 aliphatic rings. The van der Waals surface area contributed by atoms with Gasteiger partial charge in [-0.1, -0.05) is 23.7 Å². The van der Waals surface area contributed by atoms with Crippen LogP contribution < -0.4 is 10.6 Å². The Morgan fingerprint density at radius 2 is 2.14 bits per heavy atom. The van der Waals surface area contributed by atoms with Crippen LogP contribution in [0.25, 0.3) is 0 Å². The number of aliphatic hydroxyl groups excluding tert-OH is 1. The van der Waals surface area contributed by atoms with E-state index >= 15 is 0 Å². The number of carbonyl (C=O) groups is 2. The van der Waals surface area contributed by atoms with Crippen molar-refractivity contribution in [3.05, 3.63) is 34.9 Å². The van der Waals surface area contributed by atoms with Crippen LogP contribution in [-0.2, 0) is 9.59 Å². The second kappa shape index (κ2) is 7.40. The fourth-order valence-electron chi connectivity index (χ4n) is 2.06. The maximum atomic E-state index is 11.8. The molecule has 0 aliphatic carbocycles. The van der Waals surface area contributed by atoms with Crippen molar-refractivity contribution in [2.75, 3.05) is 32.7 Å². The van der Waals surface area contributed by atoms with Crippen LogP contribution in [0.15, 0.2) is 24.3 Å². The summed E-state index contributed by atoms with van der Waals surface area (Å²) < 4.78 is 0. The van der Waals surface area contributed by atoms with Crippen LogP contribution >= 0.6 is 11.6 Å². The lowest BCUT2D eigenvalue weighted by molar-refractivity contribution is -0.136. The minimum absolute atomic E-state index is 0.0217. The molecule has 0 saturated carbocycles. The molecule has 2 rings (SSSR count). The molecule has 3 N–H and O–H groups in total. The summed E-state index contributed by atoms with van der Waals surface area (Å²) in [6.45, 7) is 1.59. The number of rotatable bonds is 5. The van der Waals surface area contributed by atoms with Crippen LogP contribution in [-0.4, -0.2) is 54.5 Å². The van der Waals surface area contributed by atoms with Gasteiger partial charge in [0.2, 0.25) is 11.8 Å². The van der Waals surface area contributed by atoms with Crippen molar-refractivity contribution >= 4 is 23.4 Å². The van der Waals surface area contributed by atoms with Gasteiger partial charge in [-0.25, -0.2) is 0 Å². The van der Waals surface area contributed by atoms with E-state index in [0.29, 0.717) is 23.7 Å². The van der Waals surface area contributed by atoms with E-state index in [1.165, 1.54) is 4.90 Å². The summed E-state index contributed by atoms with van der Waals surface area (Å²) in [5, 5.41) is 16.1. The molecule has 0 bridgehead atoms. The van der Waals surface area contributed by atoms with Gasteiger partial charge in [0.1, 0.15) is 0 Å². The fourth-order valence-corrected chi connectivity index (χ4v) is 2.18. The molecule has 1 heterocycles. The van der Waals surface area contributed by atoms with E-state index in [0.717, 1.165) is 0 Å². The van der Waals surface area contributed by atoms with E-state index in [1.807, 2.05) is 0 Å². The largest absolute Gasteiger partial charge is 0.387 e. The molecule has 2 amide bonds. The molecule has 0 unspecified atom stereocenters. The Morgan fingerprint density at radius 1 is 1.43 bits per heavy atom. The van der Waals surface area contributed by atoms with E-state index in [9.17, 15) is 14.7 Å². The second-order valence-electron chi connectivity index (χ2n) is 4.86. The van der Waals surface area contributed by atoms with Crippen molar-refractivity contribution in [2.45, 2.75) is 6.10 Å². The lowest BCUT2D eigenvalue weighted by Gasteiger charge is -2.26. The van der Waals surface area contributed by atoms with Gasteiger partial charge in [0.05, 0.1) is 19.2 Å². The maximum Gasteiger partial charge on any atom is 0.239 e. The summed E-state index contributed by atoms with van der Waals surface area (Å²) in [5.41, 5.74) is 0.679. The molecule has 0 spiro atoms. The van der Waals surface area contributed by atoms with Gasteiger partial charge in [-0.15, -0.1) is 0 Å². The molecule has 21 heavy (non-hydrogen) atoms. The third-order valence-electron chi connectivity index (χ3n) is 3.27. The second-order valence-corrected chi connectivity index (χ2v) is 5.30. The number of halogens is 1. The molecule has 0 aromatic heterocycles. The highest BCUT2D eigenvalue weighted by molar-refractivity contribution is 6.30.